The maximum absolute atomic E-state index is 12.4. The Morgan fingerprint density at radius 2 is 1.77 bits per heavy atom. The van der Waals surface area contributed by atoms with E-state index < -0.39 is 0 Å². The molecule has 1 fully saturated rings. The molecule has 0 bridgehead atoms. The molecular formula is C23H25BrN4OS. The highest BCUT2D eigenvalue weighted by atomic mass is 79.9. The zero-order valence-corrected chi connectivity index (χ0v) is 19.2. The number of carbonyl (C=O) groups excluding carboxylic acids is 1. The van der Waals surface area contributed by atoms with Crippen LogP contribution in [-0.4, -0.2) is 26.4 Å². The van der Waals surface area contributed by atoms with Crippen LogP contribution in [0, 0.1) is 0 Å². The van der Waals surface area contributed by atoms with Crippen molar-refractivity contribution in [3.63, 3.8) is 0 Å². The summed E-state index contributed by atoms with van der Waals surface area (Å²) in [6.07, 6.45) is 6.01. The lowest BCUT2D eigenvalue weighted by Gasteiger charge is -2.25. The molecular weight excluding hydrogens is 460 g/mol. The molecule has 1 saturated carbocycles. The second kappa shape index (κ2) is 10.3. The molecule has 2 aromatic carbocycles. The van der Waals surface area contributed by atoms with Crippen molar-refractivity contribution in [2.75, 3.05) is 5.75 Å². The Bertz CT molecular complexity index is 969. The zero-order chi connectivity index (χ0) is 20.8. The first-order valence-corrected chi connectivity index (χ1v) is 12.1. The van der Waals surface area contributed by atoms with E-state index in [1.54, 1.807) is 0 Å². The fourth-order valence-corrected chi connectivity index (χ4v) is 4.92. The first-order chi connectivity index (χ1) is 14.7. The summed E-state index contributed by atoms with van der Waals surface area (Å²) >= 11 is 4.97. The molecule has 1 aromatic heterocycles. The molecule has 0 saturated heterocycles. The van der Waals surface area contributed by atoms with Gasteiger partial charge in [-0.15, -0.1) is 10.2 Å². The molecule has 5 nitrogen and oxygen atoms in total. The maximum Gasteiger partial charge on any atom is 0.230 e. The predicted molar refractivity (Wildman–Crippen MR) is 124 cm³/mol. The minimum absolute atomic E-state index is 0.00670. The molecule has 0 aliphatic heterocycles. The van der Waals surface area contributed by atoms with E-state index in [9.17, 15) is 4.79 Å². The van der Waals surface area contributed by atoms with Gasteiger partial charge < -0.3 is 5.32 Å². The lowest BCUT2D eigenvalue weighted by Crippen LogP contribution is -2.25. The van der Waals surface area contributed by atoms with Gasteiger partial charge in [0.1, 0.15) is 0 Å². The van der Waals surface area contributed by atoms with Crippen LogP contribution in [0.2, 0.25) is 0 Å². The molecule has 1 heterocycles. The second-order valence-corrected chi connectivity index (χ2v) is 9.38. The van der Waals surface area contributed by atoms with E-state index in [0.29, 0.717) is 18.3 Å². The quantitative estimate of drug-likeness (QED) is 0.442. The number of halogens is 1. The third kappa shape index (κ3) is 5.32. The summed E-state index contributed by atoms with van der Waals surface area (Å²) in [7, 11) is 0. The van der Waals surface area contributed by atoms with Crippen molar-refractivity contribution in [3.05, 3.63) is 64.6 Å². The normalized spacial score (nSPS) is 14.6. The van der Waals surface area contributed by atoms with E-state index in [0.717, 1.165) is 39.4 Å². The minimum Gasteiger partial charge on any atom is -0.351 e. The monoisotopic (exact) mass is 484 g/mol. The Morgan fingerprint density at radius 1 is 1.03 bits per heavy atom. The number of thioether (sulfide) groups is 1. The first kappa shape index (κ1) is 21.1. The highest BCUT2D eigenvalue weighted by Crippen LogP contribution is 2.35. The Balaban J connectivity index is 1.48. The van der Waals surface area contributed by atoms with Gasteiger partial charge in [0.15, 0.2) is 11.0 Å². The topological polar surface area (TPSA) is 59.8 Å². The minimum atomic E-state index is 0.00670. The van der Waals surface area contributed by atoms with Gasteiger partial charge >= 0.3 is 0 Å². The molecule has 1 amide bonds. The Labute approximate surface area is 189 Å². The first-order valence-electron chi connectivity index (χ1n) is 10.3. The summed E-state index contributed by atoms with van der Waals surface area (Å²) in [5.74, 6) is 1.23. The molecule has 0 atom stereocenters. The number of nitrogens with one attached hydrogen (secondary N) is 1. The average Bonchev–Trinajstić information content (AvgIpc) is 3.22. The molecule has 1 aliphatic rings. The molecule has 0 spiro atoms. The van der Waals surface area contributed by atoms with Gasteiger partial charge in [0.05, 0.1) is 5.75 Å². The molecule has 30 heavy (non-hydrogen) atoms. The number of aromatic nitrogens is 3. The Kier molecular flexibility index (Phi) is 7.23. The van der Waals surface area contributed by atoms with Gasteiger partial charge in [-0.25, -0.2) is 0 Å². The largest absolute Gasteiger partial charge is 0.351 e. The van der Waals surface area contributed by atoms with E-state index >= 15 is 0 Å². The Hall–Kier alpha value is -2.12. The van der Waals surface area contributed by atoms with E-state index in [1.807, 2.05) is 42.5 Å². The van der Waals surface area contributed by atoms with Crippen LogP contribution in [0.3, 0.4) is 0 Å². The van der Waals surface area contributed by atoms with Crippen LogP contribution in [0.15, 0.2) is 64.2 Å². The van der Waals surface area contributed by atoms with Crippen molar-refractivity contribution >= 4 is 33.6 Å². The molecule has 0 unspecified atom stereocenters. The third-order valence-electron chi connectivity index (χ3n) is 5.37. The van der Waals surface area contributed by atoms with Gasteiger partial charge in [0.2, 0.25) is 5.91 Å². The fourth-order valence-electron chi connectivity index (χ4n) is 3.82. The van der Waals surface area contributed by atoms with Gasteiger partial charge in [0.25, 0.3) is 0 Å². The summed E-state index contributed by atoms with van der Waals surface area (Å²) < 4.78 is 3.30. The summed E-state index contributed by atoms with van der Waals surface area (Å²) in [5, 5.41) is 12.8. The molecule has 7 heteroatoms. The van der Waals surface area contributed by atoms with Crippen LogP contribution in [0.5, 0.6) is 0 Å². The standard InChI is InChI=1S/C23H25BrN4OS/c24-19-13-11-18(12-14-19)22-26-27-23(28(22)20-9-5-2-6-10-20)30-16-21(29)25-15-17-7-3-1-4-8-17/h1,3-4,7-8,11-14,20H,2,5-6,9-10,15-16H2,(H,25,29). The summed E-state index contributed by atoms with van der Waals surface area (Å²) in [6, 6.07) is 18.5. The number of nitrogens with zero attached hydrogens (tertiary/aromatic N) is 3. The van der Waals surface area contributed by atoms with Crippen LogP contribution in [0.1, 0.15) is 43.7 Å². The zero-order valence-electron chi connectivity index (χ0n) is 16.8. The molecule has 3 aromatic rings. The van der Waals surface area contributed by atoms with Gasteiger partial charge in [-0.05, 0) is 30.5 Å². The molecule has 4 rings (SSSR count). The molecule has 1 N–H and O–H groups in total. The van der Waals surface area contributed by atoms with Gasteiger partial charge in [-0.1, -0.05) is 89.4 Å². The lowest BCUT2D eigenvalue weighted by molar-refractivity contribution is -0.118. The fraction of sp³-hybridized carbons (Fsp3) is 0.348. The van der Waals surface area contributed by atoms with Gasteiger partial charge in [-0.2, -0.15) is 0 Å². The summed E-state index contributed by atoms with van der Waals surface area (Å²) in [5.41, 5.74) is 2.15. The summed E-state index contributed by atoms with van der Waals surface area (Å²) in [4.78, 5) is 12.4. The van der Waals surface area contributed by atoms with E-state index in [2.05, 4.69) is 48.1 Å². The van der Waals surface area contributed by atoms with Gasteiger partial charge in [0, 0.05) is 22.6 Å². The Morgan fingerprint density at radius 3 is 2.50 bits per heavy atom. The van der Waals surface area contributed by atoms with E-state index in [1.165, 1.54) is 31.0 Å². The van der Waals surface area contributed by atoms with Crippen molar-refractivity contribution in [1.82, 2.24) is 20.1 Å². The maximum atomic E-state index is 12.4. The van der Waals surface area contributed by atoms with Crippen molar-refractivity contribution in [2.24, 2.45) is 0 Å². The summed E-state index contributed by atoms with van der Waals surface area (Å²) in [6.45, 7) is 0.541. The van der Waals surface area contributed by atoms with Crippen LogP contribution in [0.4, 0.5) is 0 Å². The van der Waals surface area contributed by atoms with Crippen molar-refractivity contribution in [2.45, 2.75) is 49.8 Å². The third-order valence-corrected chi connectivity index (χ3v) is 6.84. The molecule has 0 radical (unpaired) electrons. The smallest absolute Gasteiger partial charge is 0.230 e. The number of hydrogen-bond donors (Lipinski definition) is 1. The average molecular weight is 485 g/mol. The highest BCUT2D eigenvalue weighted by molar-refractivity contribution is 9.10. The van der Waals surface area contributed by atoms with Crippen LogP contribution >= 0.6 is 27.7 Å². The number of hydrogen-bond acceptors (Lipinski definition) is 4. The van der Waals surface area contributed by atoms with E-state index in [-0.39, 0.29) is 5.91 Å². The van der Waals surface area contributed by atoms with Gasteiger partial charge in [-0.3, -0.25) is 9.36 Å². The molecule has 156 valence electrons. The second-order valence-electron chi connectivity index (χ2n) is 7.53. The number of benzene rings is 2. The van der Waals surface area contributed by atoms with E-state index in [4.69, 9.17) is 0 Å². The van der Waals surface area contributed by atoms with Crippen LogP contribution in [-0.2, 0) is 11.3 Å². The highest BCUT2D eigenvalue weighted by Gasteiger charge is 2.24. The number of amides is 1. The van der Waals surface area contributed by atoms with Crippen molar-refractivity contribution in [3.8, 4) is 11.4 Å². The van der Waals surface area contributed by atoms with Crippen LogP contribution < -0.4 is 5.32 Å². The number of rotatable bonds is 7. The van der Waals surface area contributed by atoms with Crippen LogP contribution in [0.25, 0.3) is 11.4 Å². The molecule has 1 aliphatic carbocycles. The lowest BCUT2D eigenvalue weighted by atomic mass is 9.95. The predicted octanol–water partition coefficient (Wildman–Crippen LogP) is 5.62. The SMILES string of the molecule is O=C(CSc1nnc(-c2ccc(Br)cc2)n1C1CCCCC1)NCc1ccccc1. The van der Waals surface area contributed by atoms with Crippen molar-refractivity contribution in [1.29, 1.82) is 0 Å². The number of carbonyl (C=O) groups is 1. The van der Waals surface area contributed by atoms with Crippen molar-refractivity contribution < 1.29 is 4.79 Å².